The van der Waals surface area contributed by atoms with Crippen LogP contribution in [0.2, 0.25) is 0 Å². The Hall–Kier alpha value is -2.50. The van der Waals surface area contributed by atoms with Crippen molar-refractivity contribution in [1.29, 1.82) is 0 Å². The zero-order valence-corrected chi connectivity index (χ0v) is 14.2. The predicted molar refractivity (Wildman–Crippen MR) is 87.7 cm³/mol. The maximum absolute atomic E-state index is 12.8. The summed E-state index contributed by atoms with van der Waals surface area (Å²) in [5.41, 5.74) is -4.56. The summed E-state index contributed by atoms with van der Waals surface area (Å²) >= 11 is 4.79. The van der Waals surface area contributed by atoms with Gasteiger partial charge in [0.05, 0.1) is 16.7 Å². The number of anilines is 2. The first kappa shape index (κ1) is 21.8. The smallest absolute Gasteiger partial charge is 0.332 e. The molecule has 2 N–H and O–H groups in total. The fourth-order valence-electron chi connectivity index (χ4n) is 2.06. The van der Waals surface area contributed by atoms with Gasteiger partial charge in [-0.1, -0.05) is 0 Å². The van der Waals surface area contributed by atoms with E-state index < -0.39 is 46.0 Å². The molecule has 0 fully saturated rings. The van der Waals surface area contributed by atoms with Crippen molar-refractivity contribution >= 4 is 28.7 Å². The summed E-state index contributed by atoms with van der Waals surface area (Å²) in [6, 6.07) is 4.28. The molecule has 0 atom stereocenters. The van der Waals surface area contributed by atoms with Crippen LogP contribution in [0.5, 0.6) is 0 Å². The van der Waals surface area contributed by atoms with Gasteiger partial charge in [-0.2, -0.15) is 39.5 Å². The Morgan fingerprint density at radius 2 is 0.964 bits per heavy atom. The number of thiocarbonyl (C=S) groups is 1. The van der Waals surface area contributed by atoms with Crippen LogP contribution in [0.15, 0.2) is 42.5 Å². The first-order valence-electron chi connectivity index (χ1n) is 7.21. The van der Waals surface area contributed by atoms with Gasteiger partial charge in [0, 0.05) is 11.4 Å². The number of hydrogen-bond donors (Lipinski definition) is 2. The highest BCUT2D eigenvalue weighted by Gasteiger charge is 2.37. The lowest BCUT2D eigenvalue weighted by atomic mass is 10.1. The van der Waals surface area contributed by atoms with Gasteiger partial charge in [-0.05, 0) is 54.7 Å². The summed E-state index contributed by atoms with van der Waals surface area (Å²) in [4.78, 5) is 0. The van der Waals surface area contributed by atoms with Gasteiger partial charge >= 0.3 is 18.5 Å². The fraction of sp³-hybridized carbons (Fsp3) is 0.188. The molecule has 0 saturated heterocycles. The molecule has 0 aromatic heterocycles. The van der Waals surface area contributed by atoms with E-state index in [0.29, 0.717) is 12.1 Å². The molecule has 0 spiro atoms. The van der Waals surface area contributed by atoms with Crippen LogP contribution in [0.1, 0.15) is 16.7 Å². The molecule has 152 valence electrons. The van der Waals surface area contributed by atoms with Crippen LogP contribution in [0.4, 0.5) is 50.9 Å². The summed E-state index contributed by atoms with van der Waals surface area (Å²) in [5.74, 6) is 0. The Morgan fingerprint density at radius 1 is 0.571 bits per heavy atom. The van der Waals surface area contributed by atoms with Crippen LogP contribution in [0, 0.1) is 0 Å². The van der Waals surface area contributed by atoms with Crippen molar-refractivity contribution in [2.24, 2.45) is 0 Å². The third-order valence-corrected chi connectivity index (χ3v) is 3.52. The maximum Gasteiger partial charge on any atom is 0.416 e. The Labute approximate surface area is 157 Å². The quantitative estimate of drug-likeness (QED) is 0.416. The molecule has 0 aliphatic carbocycles. The third-order valence-electron chi connectivity index (χ3n) is 3.32. The summed E-state index contributed by atoms with van der Waals surface area (Å²) in [6.07, 6.45) is -14.6. The van der Waals surface area contributed by atoms with E-state index in [1.807, 2.05) is 0 Å². The van der Waals surface area contributed by atoms with Crippen molar-refractivity contribution in [3.63, 3.8) is 0 Å². The van der Waals surface area contributed by atoms with E-state index in [2.05, 4.69) is 10.6 Å². The monoisotopic (exact) mass is 432 g/mol. The molecular weight excluding hydrogens is 423 g/mol. The second-order valence-electron chi connectivity index (χ2n) is 5.45. The average Bonchev–Trinajstić information content (AvgIpc) is 2.52. The number of rotatable bonds is 2. The van der Waals surface area contributed by atoms with Crippen molar-refractivity contribution < 1.29 is 39.5 Å². The van der Waals surface area contributed by atoms with Crippen molar-refractivity contribution in [2.75, 3.05) is 10.6 Å². The minimum atomic E-state index is -5.03. The van der Waals surface area contributed by atoms with Crippen LogP contribution in [-0.4, -0.2) is 5.11 Å². The summed E-state index contributed by atoms with van der Waals surface area (Å²) in [6.45, 7) is 0. The van der Waals surface area contributed by atoms with E-state index in [4.69, 9.17) is 12.2 Å². The topological polar surface area (TPSA) is 24.1 Å². The summed E-state index contributed by atoms with van der Waals surface area (Å²) in [7, 11) is 0. The minimum absolute atomic E-state index is 0.0441. The van der Waals surface area contributed by atoms with Crippen molar-refractivity contribution in [1.82, 2.24) is 0 Å². The van der Waals surface area contributed by atoms with Crippen molar-refractivity contribution in [3.8, 4) is 0 Å². The third kappa shape index (κ3) is 5.75. The summed E-state index contributed by atoms with van der Waals surface area (Å²) in [5, 5.41) is 4.12. The standard InChI is InChI=1S/C16H9F9N2S/c17-14(18,19)8-1-3-11(4-2-8)26-13(28)27-12-6-9(15(20,21)22)5-10(7-12)16(23,24)25/h1-7H,(H2,26,27,28). The lowest BCUT2D eigenvalue weighted by molar-refractivity contribution is -0.143. The average molecular weight is 432 g/mol. The van der Waals surface area contributed by atoms with Crippen molar-refractivity contribution in [2.45, 2.75) is 18.5 Å². The molecule has 2 rings (SSSR count). The van der Waals surface area contributed by atoms with Crippen LogP contribution >= 0.6 is 12.2 Å². The van der Waals surface area contributed by atoms with Crippen LogP contribution in [0.25, 0.3) is 0 Å². The molecule has 0 radical (unpaired) electrons. The first-order chi connectivity index (χ1) is 12.7. The lowest BCUT2D eigenvalue weighted by Gasteiger charge is -2.16. The molecule has 0 unspecified atom stereocenters. The molecule has 0 heterocycles. The van der Waals surface area contributed by atoms with Gasteiger partial charge in [0.15, 0.2) is 5.11 Å². The molecule has 0 aliphatic heterocycles. The highest BCUT2D eigenvalue weighted by Crippen LogP contribution is 2.37. The Morgan fingerprint density at radius 3 is 1.36 bits per heavy atom. The molecule has 2 nitrogen and oxygen atoms in total. The van der Waals surface area contributed by atoms with Crippen LogP contribution in [-0.2, 0) is 18.5 Å². The first-order valence-corrected chi connectivity index (χ1v) is 7.62. The Bertz CT molecular complexity index is 820. The van der Waals surface area contributed by atoms with E-state index in [1.165, 1.54) is 0 Å². The fourth-order valence-corrected chi connectivity index (χ4v) is 2.30. The number of hydrogen-bond acceptors (Lipinski definition) is 1. The molecule has 0 saturated carbocycles. The molecule has 2 aromatic rings. The predicted octanol–water partition coefficient (Wildman–Crippen LogP) is 6.55. The van der Waals surface area contributed by atoms with Crippen LogP contribution in [0.3, 0.4) is 0 Å². The molecule has 0 bridgehead atoms. The minimum Gasteiger partial charge on any atom is -0.332 e. The SMILES string of the molecule is FC(F)(F)c1ccc(NC(=S)Nc2cc(C(F)(F)F)cc(C(F)(F)F)c2)cc1. The van der Waals surface area contributed by atoms with Gasteiger partial charge in [0.2, 0.25) is 0 Å². The molecule has 2 aromatic carbocycles. The van der Waals surface area contributed by atoms with Gasteiger partial charge in [0.1, 0.15) is 0 Å². The van der Waals surface area contributed by atoms with Crippen LogP contribution < -0.4 is 10.6 Å². The van der Waals surface area contributed by atoms with Gasteiger partial charge in [0.25, 0.3) is 0 Å². The Balaban J connectivity index is 2.21. The van der Waals surface area contributed by atoms with Gasteiger partial charge < -0.3 is 10.6 Å². The Kier molecular flexibility index (Phi) is 5.83. The second kappa shape index (κ2) is 7.49. The number of nitrogens with one attached hydrogen (secondary N) is 2. The summed E-state index contributed by atoms with van der Waals surface area (Å²) < 4.78 is 114. The van der Waals surface area contributed by atoms with Gasteiger partial charge in [-0.3, -0.25) is 0 Å². The van der Waals surface area contributed by atoms with E-state index in [-0.39, 0.29) is 11.8 Å². The molecule has 0 aliphatic rings. The van der Waals surface area contributed by atoms with E-state index in [1.54, 1.807) is 0 Å². The zero-order valence-electron chi connectivity index (χ0n) is 13.4. The van der Waals surface area contributed by atoms with E-state index in [0.717, 1.165) is 24.3 Å². The normalized spacial score (nSPS) is 12.6. The molecule has 0 amide bonds. The van der Waals surface area contributed by atoms with Gasteiger partial charge in [-0.15, -0.1) is 0 Å². The van der Waals surface area contributed by atoms with E-state index >= 15 is 0 Å². The zero-order chi connectivity index (χ0) is 21.3. The van der Waals surface area contributed by atoms with Crippen molar-refractivity contribution in [3.05, 3.63) is 59.2 Å². The number of benzene rings is 2. The molecular formula is C16H9F9N2S. The maximum atomic E-state index is 12.8. The number of halogens is 9. The highest BCUT2D eigenvalue weighted by molar-refractivity contribution is 7.80. The van der Waals surface area contributed by atoms with Gasteiger partial charge in [-0.25, -0.2) is 0 Å². The lowest BCUT2D eigenvalue weighted by Crippen LogP contribution is -2.20. The number of alkyl halides is 9. The largest absolute Gasteiger partial charge is 0.416 e. The van der Waals surface area contributed by atoms with E-state index in [9.17, 15) is 39.5 Å². The second-order valence-corrected chi connectivity index (χ2v) is 5.86. The highest BCUT2D eigenvalue weighted by atomic mass is 32.1. The molecule has 12 heteroatoms. The molecule has 28 heavy (non-hydrogen) atoms.